The number of ether oxygens (including phenoxy) is 4. The molecule has 9 nitrogen and oxygen atoms in total. The summed E-state index contributed by atoms with van der Waals surface area (Å²) < 4.78 is 22.9. The molecule has 0 amide bonds. The molecule has 0 bridgehead atoms. The first kappa shape index (κ1) is 19.4. The van der Waals surface area contributed by atoms with Gasteiger partial charge < -0.3 is 33.7 Å². The summed E-state index contributed by atoms with van der Waals surface area (Å²) in [6.45, 7) is -0.680. The highest BCUT2D eigenvalue weighted by molar-refractivity contribution is 6.27. The van der Waals surface area contributed by atoms with Gasteiger partial charge in [0.05, 0.1) is 50.1 Å². The molecule has 0 saturated carbocycles. The molecule has 5 rings (SSSR count). The van der Waals surface area contributed by atoms with Crippen molar-refractivity contribution in [3.63, 3.8) is 0 Å². The Bertz CT molecular complexity index is 1310. The van der Waals surface area contributed by atoms with Gasteiger partial charge in [-0.25, -0.2) is 0 Å². The number of nitrogens with zero attached hydrogens (tertiary/aromatic N) is 1. The van der Waals surface area contributed by atoms with Crippen LogP contribution < -0.4 is 24.5 Å². The van der Waals surface area contributed by atoms with E-state index in [1.807, 2.05) is 0 Å². The van der Waals surface area contributed by atoms with Crippen molar-refractivity contribution in [3.8, 4) is 34.3 Å². The summed E-state index contributed by atoms with van der Waals surface area (Å²) in [5.41, 5.74) is 1.10. The second kappa shape index (κ2) is 7.00. The first-order valence-corrected chi connectivity index (χ1v) is 9.58. The number of ketones is 1. The Hall–Kier alpha value is -3.56. The molecule has 2 N–H and O–H groups in total. The minimum absolute atomic E-state index is 0.0457. The Morgan fingerprint density at radius 3 is 2.23 bits per heavy atom. The fraction of sp³-hybridized carbons (Fsp3) is 0.273. The van der Waals surface area contributed by atoms with E-state index in [2.05, 4.69) is 0 Å². The Balaban J connectivity index is 1.90. The van der Waals surface area contributed by atoms with Crippen LogP contribution in [0.1, 0.15) is 15.9 Å². The van der Waals surface area contributed by atoms with Gasteiger partial charge in [-0.3, -0.25) is 9.59 Å². The maximum absolute atomic E-state index is 13.5. The van der Waals surface area contributed by atoms with Gasteiger partial charge >= 0.3 is 0 Å². The summed E-state index contributed by atoms with van der Waals surface area (Å²) >= 11 is 0. The van der Waals surface area contributed by atoms with Crippen molar-refractivity contribution in [2.45, 2.75) is 12.6 Å². The largest absolute Gasteiger partial charge is 0.493 e. The van der Waals surface area contributed by atoms with Crippen molar-refractivity contribution >= 4 is 16.6 Å². The zero-order valence-electron chi connectivity index (χ0n) is 16.8. The molecule has 1 aromatic heterocycles. The number of aliphatic hydroxyl groups is 2. The van der Waals surface area contributed by atoms with Crippen LogP contribution in [0.25, 0.3) is 22.0 Å². The van der Waals surface area contributed by atoms with Gasteiger partial charge in [0.25, 0.3) is 5.56 Å². The average molecular weight is 425 g/mol. The van der Waals surface area contributed by atoms with Crippen molar-refractivity contribution in [3.05, 3.63) is 45.7 Å². The zero-order valence-corrected chi connectivity index (χ0v) is 16.8. The van der Waals surface area contributed by atoms with Gasteiger partial charge in [0.2, 0.25) is 6.79 Å². The SMILES string of the molecule is COc1cc2c3c(n(C[C@H](O)CO)c(=O)c2cc1OC)-c1cc2c(cc1C3=O)OCO2. The smallest absolute Gasteiger partial charge is 0.259 e. The minimum Gasteiger partial charge on any atom is -0.493 e. The molecule has 3 aromatic rings. The summed E-state index contributed by atoms with van der Waals surface area (Å²) in [6.07, 6.45) is -1.19. The predicted octanol–water partition coefficient (Wildman–Crippen LogP) is 1.31. The highest BCUT2D eigenvalue weighted by Crippen LogP contribution is 2.46. The van der Waals surface area contributed by atoms with Crippen LogP contribution in [0.4, 0.5) is 0 Å². The lowest BCUT2D eigenvalue weighted by Gasteiger charge is -2.18. The third-order valence-corrected chi connectivity index (χ3v) is 5.62. The molecule has 1 aliphatic carbocycles. The molecule has 31 heavy (non-hydrogen) atoms. The Morgan fingerprint density at radius 1 is 1.00 bits per heavy atom. The van der Waals surface area contributed by atoms with Crippen LogP contribution in [0.15, 0.2) is 29.1 Å². The van der Waals surface area contributed by atoms with Gasteiger partial charge in [0.1, 0.15) is 0 Å². The minimum atomic E-state index is -1.19. The van der Waals surface area contributed by atoms with E-state index >= 15 is 0 Å². The summed E-state index contributed by atoms with van der Waals surface area (Å²) in [7, 11) is 2.92. The second-order valence-corrected chi connectivity index (χ2v) is 7.31. The Labute approximate surface area is 176 Å². The summed E-state index contributed by atoms with van der Waals surface area (Å²) in [5, 5.41) is 20.1. The van der Waals surface area contributed by atoms with Crippen LogP contribution >= 0.6 is 0 Å². The van der Waals surface area contributed by atoms with Crippen molar-refractivity contribution in [1.82, 2.24) is 4.57 Å². The number of hydrogen-bond donors (Lipinski definition) is 2. The third kappa shape index (κ3) is 2.70. The van der Waals surface area contributed by atoms with Gasteiger partial charge in [-0.1, -0.05) is 0 Å². The Kier molecular flexibility index (Phi) is 4.38. The van der Waals surface area contributed by atoms with E-state index in [0.29, 0.717) is 50.8 Å². The van der Waals surface area contributed by atoms with Crippen molar-refractivity contribution in [2.24, 2.45) is 0 Å². The van der Waals surface area contributed by atoms with Gasteiger partial charge in [-0.05, 0) is 24.3 Å². The summed E-state index contributed by atoms with van der Waals surface area (Å²) in [4.78, 5) is 26.9. The average Bonchev–Trinajstić information content (AvgIpc) is 3.36. The molecule has 9 heteroatoms. The monoisotopic (exact) mass is 425 g/mol. The maximum atomic E-state index is 13.5. The molecule has 1 aliphatic heterocycles. The van der Waals surface area contributed by atoms with E-state index in [1.165, 1.54) is 24.9 Å². The first-order valence-electron chi connectivity index (χ1n) is 9.58. The van der Waals surface area contributed by atoms with Crippen LogP contribution in [0.5, 0.6) is 23.0 Å². The molecule has 2 aliphatic rings. The molecule has 0 fully saturated rings. The van der Waals surface area contributed by atoms with Gasteiger partial charge in [0, 0.05) is 16.5 Å². The van der Waals surface area contributed by atoms with Crippen LogP contribution in [-0.4, -0.2) is 54.3 Å². The molecule has 0 unspecified atom stereocenters. The first-order chi connectivity index (χ1) is 15.0. The molecule has 0 saturated heterocycles. The summed E-state index contributed by atoms with van der Waals surface area (Å²) in [5.74, 6) is 1.35. The lowest BCUT2D eigenvalue weighted by atomic mass is 10.0. The molecule has 2 heterocycles. The second-order valence-electron chi connectivity index (χ2n) is 7.31. The standard InChI is InChI=1S/C22H19NO8/c1-28-15-3-11-14(6-16(15)29-2)22(27)23(7-10(25)8-24)20-12-4-17-18(31-9-30-17)5-13(12)21(26)19(11)20/h3-6,10,24-25H,7-9H2,1-2H3/t10-/m0/s1. The zero-order chi connectivity index (χ0) is 21.9. The number of methoxy groups -OCH3 is 2. The molecule has 0 spiro atoms. The molecule has 0 radical (unpaired) electrons. The van der Waals surface area contributed by atoms with E-state index in [0.717, 1.165) is 0 Å². The number of fused-ring (bicyclic) bond motifs is 6. The van der Waals surface area contributed by atoms with Crippen molar-refractivity contribution in [2.75, 3.05) is 27.6 Å². The predicted molar refractivity (Wildman–Crippen MR) is 109 cm³/mol. The highest BCUT2D eigenvalue weighted by atomic mass is 16.7. The maximum Gasteiger partial charge on any atom is 0.259 e. The van der Waals surface area contributed by atoms with E-state index in [-0.39, 0.29) is 24.5 Å². The molecule has 160 valence electrons. The topological polar surface area (TPSA) is 116 Å². The van der Waals surface area contributed by atoms with Crippen LogP contribution in [-0.2, 0) is 6.54 Å². The molecular weight excluding hydrogens is 406 g/mol. The van der Waals surface area contributed by atoms with Gasteiger partial charge in [-0.15, -0.1) is 0 Å². The third-order valence-electron chi connectivity index (χ3n) is 5.62. The fourth-order valence-corrected chi connectivity index (χ4v) is 4.19. The van der Waals surface area contributed by atoms with E-state index in [4.69, 9.17) is 18.9 Å². The number of hydrogen-bond acceptors (Lipinski definition) is 8. The van der Waals surface area contributed by atoms with E-state index in [1.54, 1.807) is 18.2 Å². The number of rotatable bonds is 5. The number of benzene rings is 2. The molecular formula is C22H19NO8. The number of pyridine rings is 1. The number of carbonyl (C=O) groups is 1. The van der Waals surface area contributed by atoms with Crippen molar-refractivity contribution in [1.29, 1.82) is 0 Å². The number of aromatic nitrogens is 1. The number of aliphatic hydroxyl groups excluding tert-OH is 2. The number of carbonyl (C=O) groups excluding carboxylic acids is 1. The van der Waals surface area contributed by atoms with Crippen LogP contribution in [0, 0.1) is 0 Å². The quantitative estimate of drug-likeness (QED) is 0.492. The summed E-state index contributed by atoms with van der Waals surface area (Å²) in [6, 6.07) is 6.38. The Morgan fingerprint density at radius 2 is 1.61 bits per heavy atom. The lowest BCUT2D eigenvalue weighted by molar-refractivity contribution is 0.0808. The van der Waals surface area contributed by atoms with Crippen LogP contribution in [0.3, 0.4) is 0 Å². The van der Waals surface area contributed by atoms with Crippen molar-refractivity contribution < 1.29 is 34.0 Å². The lowest BCUT2D eigenvalue weighted by Crippen LogP contribution is -2.30. The van der Waals surface area contributed by atoms with Crippen LogP contribution in [0.2, 0.25) is 0 Å². The van der Waals surface area contributed by atoms with E-state index in [9.17, 15) is 19.8 Å². The fourth-order valence-electron chi connectivity index (χ4n) is 4.19. The molecule has 1 atom stereocenters. The normalized spacial score (nSPS) is 14.5. The highest BCUT2D eigenvalue weighted by Gasteiger charge is 2.36. The van der Waals surface area contributed by atoms with Gasteiger partial charge in [0.15, 0.2) is 28.8 Å². The molecule has 2 aromatic carbocycles. The van der Waals surface area contributed by atoms with Gasteiger partial charge in [-0.2, -0.15) is 0 Å². The van der Waals surface area contributed by atoms with E-state index < -0.39 is 18.3 Å².